The molecule has 0 aliphatic carbocycles. The number of halogens is 1. The molecule has 5 heterocycles. The van der Waals surface area contributed by atoms with Crippen molar-refractivity contribution in [1.82, 2.24) is 29.7 Å². The first kappa shape index (κ1) is 24.3. The number of piperazine rings is 1. The zero-order valence-electron chi connectivity index (χ0n) is 21.2. The Morgan fingerprint density at radius 3 is 2.51 bits per heavy atom. The van der Waals surface area contributed by atoms with Crippen molar-refractivity contribution >= 4 is 38.5 Å². The molecule has 37 heavy (non-hydrogen) atoms. The van der Waals surface area contributed by atoms with Crippen LogP contribution in [0.4, 0.5) is 11.4 Å². The molecular weight excluding hydrogens is 528 g/mol. The molecule has 0 saturated carbocycles. The van der Waals surface area contributed by atoms with Crippen LogP contribution in [0.5, 0.6) is 0 Å². The smallest absolute Gasteiger partial charge is 0.159 e. The van der Waals surface area contributed by atoms with E-state index in [1.807, 2.05) is 24.7 Å². The van der Waals surface area contributed by atoms with Crippen molar-refractivity contribution in [3.05, 3.63) is 65.0 Å². The Morgan fingerprint density at radius 2 is 1.78 bits per heavy atom. The number of hydrogen-bond donors (Lipinski definition) is 2. The van der Waals surface area contributed by atoms with Crippen molar-refractivity contribution in [2.24, 2.45) is 0 Å². The van der Waals surface area contributed by atoms with Gasteiger partial charge in [0, 0.05) is 68.6 Å². The first-order chi connectivity index (χ1) is 18.1. The molecule has 2 fully saturated rings. The maximum atomic E-state index is 4.97. The molecular formula is C28H33BrN8. The van der Waals surface area contributed by atoms with E-state index in [9.17, 15) is 0 Å². The van der Waals surface area contributed by atoms with E-state index in [0.29, 0.717) is 6.04 Å². The van der Waals surface area contributed by atoms with Gasteiger partial charge in [0.1, 0.15) is 11.3 Å². The van der Waals surface area contributed by atoms with Gasteiger partial charge in [-0.1, -0.05) is 6.07 Å². The fourth-order valence-electron chi connectivity index (χ4n) is 5.31. The molecule has 192 valence electrons. The highest BCUT2D eigenvalue weighted by molar-refractivity contribution is 9.10. The number of rotatable bonds is 6. The molecule has 0 spiro atoms. The molecule has 0 bridgehead atoms. The summed E-state index contributed by atoms with van der Waals surface area (Å²) in [5.41, 5.74) is 6.32. The standard InChI is InChI=1S/C28H33BrN8/c1-35-11-8-22(9-12-35)32-25-24(29)18-31-28-26(25)33-27(34-28)21-4-6-23(7-5-21)37-15-13-36(14-16-37)19-20-3-2-10-30-17-20/h2-7,10,17-18,22H,8-9,11-16,19H2,1H3,(H2,31,32,33,34). The average Bonchev–Trinajstić information content (AvgIpc) is 3.37. The SMILES string of the molecule is CN1CCC(Nc2c(Br)cnc3[nH]c(-c4ccc(N5CCN(Cc6cccnc6)CC5)cc4)nc23)CC1. The van der Waals surface area contributed by atoms with Crippen LogP contribution in [0.15, 0.2) is 59.5 Å². The van der Waals surface area contributed by atoms with Crippen molar-refractivity contribution in [2.75, 3.05) is 56.5 Å². The van der Waals surface area contributed by atoms with Gasteiger partial charge in [-0.05, 0) is 84.8 Å². The molecule has 2 aliphatic rings. The summed E-state index contributed by atoms with van der Waals surface area (Å²) in [5, 5.41) is 3.74. The fraction of sp³-hybridized carbons (Fsp3) is 0.393. The number of fused-ring (bicyclic) bond motifs is 1. The normalized spacial score (nSPS) is 17.9. The van der Waals surface area contributed by atoms with Crippen LogP contribution in [0.25, 0.3) is 22.6 Å². The Morgan fingerprint density at radius 1 is 1.00 bits per heavy atom. The van der Waals surface area contributed by atoms with Crippen molar-refractivity contribution in [2.45, 2.75) is 25.4 Å². The number of benzene rings is 1. The number of H-pyrrole nitrogens is 1. The van der Waals surface area contributed by atoms with E-state index in [1.54, 1.807) is 0 Å². The van der Waals surface area contributed by atoms with Crippen LogP contribution in [-0.2, 0) is 6.54 Å². The van der Waals surface area contributed by atoms with Gasteiger partial charge in [-0.3, -0.25) is 9.88 Å². The molecule has 0 radical (unpaired) electrons. The van der Waals surface area contributed by atoms with Gasteiger partial charge in [0.15, 0.2) is 5.65 Å². The van der Waals surface area contributed by atoms with Crippen molar-refractivity contribution in [1.29, 1.82) is 0 Å². The number of hydrogen-bond acceptors (Lipinski definition) is 7. The third-order valence-electron chi connectivity index (χ3n) is 7.54. The number of piperidine rings is 1. The summed E-state index contributed by atoms with van der Waals surface area (Å²) in [4.78, 5) is 24.6. The summed E-state index contributed by atoms with van der Waals surface area (Å²) >= 11 is 3.70. The van der Waals surface area contributed by atoms with Crippen LogP contribution in [0.2, 0.25) is 0 Å². The molecule has 2 N–H and O–H groups in total. The number of aromatic amines is 1. The fourth-order valence-corrected chi connectivity index (χ4v) is 5.71. The van der Waals surface area contributed by atoms with Crippen LogP contribution in [-0.4, -0.2) is 82.1 Å². The Bertz CT molecular complexity index is 1320. The number of anilines is 2. The Balaban J connectivity index is 1.13. The predicted octanol–water partition coefficient (Wildman–Crippen LogP) is 4.61. The Kier molecular flexibility index (Phi) is 7.08. The maximum Gasteiger partial charge on any atom is 0.159 e. The van der Waals surface area contributed by atoms with E-state index < -0.39 is 0 Å². The predicted molar refractivity (Wildman–Crippen MR) is 153 cm³/mol. The maximum absolute atomic E-state index is 4.97. The Labute approximate surface area is 226 Å². The highest BCUT2D eigenvalue weighted by Crippen LogP contribution is 2.33. The summed E-state index contributed by atoms with van der Waals surface area (Å²) in [7, 11) is 2.19. The zero-order chi connectivity index (χ0) is 25.2. The second-order valence-electron chi connectivity index (χ2n) is 10.2. The van der Waals surface area contributed by atoms with Crippen LogP contribution < -0.4 is 10.2 Å². The first-order valence-corrected chi connectivity index (χ1v) is 13.9. The molecule has 0 atom stereocenters. The van der Waals surface area contributed by atoms with Gasteiger partial charge in [-0.2, -0.15) is 0 Å². The summed E-state index contributed by atoms with van der Waals surface area (Å²) in [6.45, 7) is 7.33. The summed E-state index contributed by atoms with van der Waals surface area (Å²) in [6.07, 6.45) is 7.91. The molecule has 4 aromatic rings. The largest absolute Gasteiger partial charge is 0.379 e. The zero-order valence-corrected chi connectivity index (χ0v) is 22.8. The summed E-state index contributed by atoms with van der Waals surface area (Å²) < 4.78 is 0.954. The lowest BCUT2D eigenvalue weighted by molar-refractivity contribution is 0.249. The van der Waals surface area contributed by atoms with Crippen molar-refractivity contribution in [3.63, 3.8) is 0 Å². The van der Waals surface area contributed by atoms with Crippen LogP contribution in [0.1, 0.15) is 18.4 Å². The minimum atomic E-state index is 0.447. The van der Waals surface area contributed by atoms with Gasteiger partial charge in [0.05, 0.1) is 10.2 Å². The number of pyridine rings is 2. The van der Waals surface area contributed by atoms with E-state index in [0.717, 1.165) is 91.4 Å². The van der Waals surface area contributed by atoms with Gasteiger partial charge < -0.3 is 20.1 Å². The van der Waals surface area contributed by atoms with Crippen molar-refractivity contribution in [3.8, 4) is 11.4 Å². The second-order valence-corrected chi connectivity index (χ2v) is 11.0. The van der Waals surface area contributed by atoms with E-state index in [-0.39, 0.29) is 0 Å². The molecule has 3 aromatic heterocycles. The quantitative estimate of drug-likeness (QED) is 0.356. The molecule has 9 heteroatoms. The number of aromatic nitrogens is 4. The van der Waals surface area contributed by atoms with Gasteiger partial charge >= 0.3 is 0 Å². The second kappa shape index (κ2) is 10.8. The highest BCUT2D eigenvalue weighted by Gasteiger charge is 2.21. The van der Waals surface area contributed by atoms with Crippen LogP contribution in [0.3, 0.4) is 0 Å². The number of imidazole rings is 1. The summed E-state index contributed by atoms with van der Waals surface area (Å²) in [5.74, 6) is 0.847. The first-order valence-electron chi connectivity index (χ1n) is 13.1. The molecule has 1 aromatic carbocycles. The number of likely N-dealkylation sites (tertiary alicyclic amines) is 1. The lowest BCUT2D eigenvalue weighted by Gasteiger charge is -2.36. The van der Waals surface area contributed by atoms with Gasteiger partial charge in [0.2, 0.25) is 0 Å². The monoisotopic (exact) mass is 560 g/mol. The molecule has 6 rings (SSSR count). The lowest BCUT2D eigenvalue weighted by atomic mass is 10.1. The molecule has 0 unspecified atom stereocenters. The van der Waals surface area contributed by atoms with E-state index in [2.05, 4.69) is 88.3 Å². The Hall–Kier alpha value is -3.01. The molecule has 0 amide bonds. The number of nitrogens with one attached hydrogen (secondary N) is 2. The molecule has 8 nitrogen and oxygen atoms in total. The van der Waals surface area contributed by atoms with E-state index in [1.165, 1.54) is 11.3 Å². The number of nitrogens with zero attached hydrogens (tertiary/aromatic N) is 6. The minimum absolute atomic E-state index is 0.447. The topological polar surface area (TPSA) is 76.2 Å². The van der Waals surface area contributed by atoms with Crippen LogP contribution >= 0.6 is 15.9 Å². The van der Waals surface area contributed by atoms with Crippen LogP contribution in [0, 0.1) is 0 Å². The third-order valence-corrected chi connectivity index (χ3v) is 8.14. The van der Waals surface area contributed by atoms with E-state index >= 15 is 0 Å². The molecule has 2 saturated heterocycles. The van der Waals surface area contributed by atoms with Gasteiger partial charge in [0.25, 0.3) is 0 Å². The molecule has 2 aliphatic heterocycles. The van der Waals surface area contributed by atoms with Gasteiger partial charge in [-0.15, -0.1) is 0 Å². The van der Waals surface area contributed by atoms with Crippen molar-refractivity contribution < 1.29 is 0 Å². The van der Waals surface area contributed by atoms with Gasteiger partial charge in [-0.25, -0.2) is 9.97 Å². The lowest BCUT2D eigenvalue weighted by Crippen LogP contribution is -2.45. The van der Waals surface area contributed by atoms with E-state index in [4.69, 9.17) is 4.98 Å². The minimum Gasteiger partial charge on any atom is -0.379 e. The highest BCUT2D eigenvalue weighted by atomic mass is 79.9. The summed E-state index contributed by atoms with van der Waals surface area (Å²) in [6, 6.07) is 13.3. The average molecular weight is 562 g/mol. The third kappa shape index (κ3) is 5.49.